The summed E-state index contributed by atoms with van der Waals surface area (Å²) in [4.78, 5) is 4.49. The van der Waals surface area contributed by atoms with Gasteiger partial charge >= 0.3 is 0 Å². The second kappa shape index (κ2) is 5.98. The highest BCUT2D eigenvalue weighted by molar-refractivity contribution is 5.82. The number of nitrogens with zero attached hydrogens (tertiary/aromatic N) is 1. The maximum atomic E-state index is 4.49. The minimum atomic E-state index is 0.966. The molecule has 0 N–H and O–H groups in total. The largest absolute Gasteiger partial charge is 0.256 e. The number of hydrogen-bond acceptors (Lipinski definition) is 1. The Balaban J connectivity index is 1.79. The van der Waals surface area contributed by atoms with Gasteiger partial charge in [0.05, 0.1) is 5.69 Å². The zero-order chi connectivity index (χ0) is 13.6. The molecule has 0 bridgehead atoms. The van der Waals surface area contributed by atoms with Crippen LogP contribution in [0.3, 0.4) is 0 Å². The maximum absolute atomic E-state index is 4.49. The first-order valence-electron chi connectivity index (χ1n) is 6.66. The molecular formula is C19H15N. The number of hydrogen-bond donors (Lipinski definition) is 0. The molecule has 0 unspecified atom stereocenters. The molecule has 3 aromatic carbocycles. The minimum absolute atomic E-state index is 0.966. The maximum Gasteiger partial charge on any atom is 0.0630 e. The smallest absolute Gasteiger partial charge is 0.0630 e. The van der Waals surface area contributed by atoms with Gasteiger partial charge in [0.1, 0.15) is 0 Å². The van der Waals surface area contributed by atoms with E-state index in [1.54, 1.807) is 0 Å². The lowest BCUT2D eigenvalue weighted by atomic mass is 10.1. The standard InChI is InChI=1S/C19H15N/c1-3-7-16(8-4-1)15-20-19-13-11-18(12-14-19)17-9-5-2-6-10-17/h1-15H. The van der Waals surface area contributed by atoms with Crippen LogP contribution in [0.25, 0.3) is 11.1 Å². The third kappa shape index (κ3) is 3.01. The van der Waals surface area contributed by atoms with Crippen LogP contribution in [0.2, 0.25) is 0 Å². The van der Waals surface area contributed by atoms with Crippen LogP contribution in [0.4, 0.5) is 5.69 Å². The molecule has 20 heavy (non-hydrogen) atoms. The van der Waals surface area contributed by atoms with Gasteiger partial charge < -0.3 is 0 Å². The van der Waals surface area contributed by atoms with Crippen molar-refractivity contribution < 1.29 is 0 Å². The topological polar surface area (TPSA) is 12.4 Å². The molecule has 3 aromatic rings. The molecule has 0 heterocycles. The first-order chi connectivity index (χ1) is 9.92. The quantitative estimate of drug-likeness (QED) is 0.578. The Morgan fingerprint density at radius 3 is 1.75 bits per heavy atom. The molecule has 0 atom stereocenters. The van der Waals surface area contributed by atoms with Crippen LogP contribution in [-0.2, 0) is 0 Å². The van der Waals surface area contributed by atoms with Crippen molar-refractivity contribution in [1.82, 2.24) is 0 Å². The summed E-state index contributed by atoms with van der Waals surface area (Å²) in [5.74, 6) is 0. The molecule has 0 saturated carbocycles. The van der Waals surface area contributed by atoms with E-state index < -0.39 is 0 Å². The molecule has 0 aliphatic heterocycles. The van der Waals surface area contributed by atoms with Gasteiger partial charge in [-0.15, -0.1) is 0 Å². The highest BCUT2D eigenvalue weighted by Gasteiger charge is 1.96. The van der Waals surface area contributed by atoms with Crippen molar-refractivity contribution in [3.63, 3.8) is 0 Å². The SMILES string of the molecule is C(=Nc1ccc(-c2ccccc2)cc1)c1ccccc1. The molecule has 1 heteroatoms. The van der Waals surface area contributed by atoms with Crippen LogP contribution in [0, 0.1) is 0 Å². The number of aliphatic imine (C=N–C) groups is 1. The van der Waals surface area contributed by atoms with Crippen LogP contribution in [0.1, 0.15) is 5.56 Å². The Morgan fingerprint density at radius 1 is 0.550 bits per heavy atom. The summed E-state index contributed by atoms with van der Waals surface area (Å²) in [5, 5.41) is 0. The van der Waals surface area contributed by atoms with Crippen molar-refractivity contribution in [1.29, 1.82) is 0 Å². The lowest BCUT2D eigenvalue weighted by molar-refractivity contribution is 1.52. The van der Waals surface area contributed by atoms with E-state index in [2.05, 4.69) is 41.4 Å². The average molecular weight is 257 g/mol. The molecule has 96 valence electrons. The molecule has 0 fully saturated rings. The van der Waals surface area contributed by atoms with Gasteiger partial charge in [0.25, 0.3) is 0 Å². The Hall–Kier alpha value is -2.67. The average Bonchev–Trinajstić information content (AvgIpc) is 2.55. The third-order valence-electron chi connectivity index (χ3n) is 3.14. The summed E-state index contributed by atoms with van der Waals surface area (Å²) in [5.41, 5.74) is 4.52. The Kier molecular flexibility index (Phi) is 3.70. The van der Waals surface area contributed by atoms with Crippen molar-refractivity contribution >= 4 is 11.9 Å². The lowest BCUT2D eigenvalue weighted by Crippen LogP contribution is -1.79. The van der Waals surface area contributed by atoms with E-state index in [0.717, 1.165) is 11.3 Å². The van der Waals surface area contributed by atoms with Gasteiger partial charge in [-0.25, -0.2) is 0 Å². The molecule has 1 nitrogen and oxygen atoms in total. The summed E-state index contributed by atoms with van der Waals surface area (Å²) in [6.45, 7) is 0. The lowest BCUT2D eigenvalue weighted by Gasteiger charge is -2.01. The van der Waals surface area contributed by atoms with Gasteiger partial charge in [0.15, 0.2) is 0 Å². The van der Waals surface area contributed by atoms with Crippen molar-refractivity contribution in [2.75, 3.05) is 0 Å². The van der Waals surface area contributed by atoms with E-state index in [-0.39, 0.29) is 0 Å². The Labute approximate surface area is 119 Å². The van der Waals surface area contributed by atoms with Gasteiger partial charge in [0.2, 0.25) is 0 Å². The molecule has 0 aromatic heterocycles. The van der Waals surface area contributed by atoms with Crippen LogP contribution in [0.15, 0.2) is 89.9 Å². The molecule has 0 aliphatic carbocycles. The van der Waals surface area contributed by atoms with Crippen molar-refractivity contribution in [2.45, 2.75) is 0 Å². The predicted octanol–water partition coefficient (Wildman–Crippen LogP) is 5.10. The van der Waals surface area contributed by atoms with E-state index in [1.807, 2.05) is 54.7 Å². The zero-order valence-electron chi connectivity index (χ0n) is 11.1. The normalized spacial score (nSPS) is 10.8. The summed E-state index contributed by atoms with van der Waals surface area (Å²) in [6, 6.07) is 28.8. The van der Waals surface area contributed by atoms with Crippen molar-refractivity contribution in [3.8, 4) is 11.1 Å². The Morgan fingerprint density at radius 2 is 1.10 bits per heavy atom. The number of rotatable bonds is 3. The van der Waals surface area contributed by atoms with Crippen molar-refractivity contribution in [3.05, 3.63) is 90.5 Å². The fraction of sp³-hybridized carbons (Fsp3) is 0. The molecule has 0 saturated heterocycles. The highest BCUT2D eigenvalue weighted by Crippen LogP contribution is 2.22. The predicted molar refractivity (Wildman–Crippen MR) is 85.6 cm³/mol. The highest BCUT2D eigenvalue weighted by atomic mass is 14.7. The third-order valence-corrected chi connectivity index (χ3v) is 3.14. The monoisotopic (exact) mass is 257 g/mol. The van der Waals surface area contributed by atoms with Gasteiger partial charge in [-0.05, 0) is 28.8 Å². The fourth-order valence-corrected chi connectivity index (χ4v) is 2.06. The fourth-order valence-electron chi connectivity index (χ4n) is 2.06. The van der Waals surface area contributed by atoms with Gasteiger partial charge in [-0.2, -0.15) is 0 Å². The molecule has 0 amide bonds. The molecule has 0 spiro atoms. The molecule has 0 radical (unpaired) electrons. The summed E-state index contributed by atoms with van der Waals surface area (Å²) >= 11 is 0. The van der Waals surface area contributed by atoms with Gasteiger partial charge in [-0.1, -0.05) is 72.8 Å². The van der Waals surface area contributed by atoms with Gasteiger partial charge in [-0.3, -0.25) is 4.99 Å². The zero-order valence-corrected chi connectivity index (χ0v) is 11.1. The van der Waals surface area contributed by atoms with E-state index in [1.165, 1.54) is 11.1 Å². The van der Waals surface area contributed by atoms with Gasteiger partial charge in [0, 0.05) is 6.21 Å². The van der Waals surface area contributed by atoms with Crippen LogP contribution < -0.4 is 0 Å². The van der Waals surface area contributed by atoms with E-state index in [0.29, 0.717) is 0 Å². The molecule has 0 aliphatic rings. The summed E-state index contributed by atoms with van der Waals surface area (Å²) < 4.78 is 0. The Bertz CT molecular complexity index is 683. The summed E-state index contributed by atoms with van der Waals surface area (Å²) in [7, 11) is 0. The molecule has 3 rings (SSSR count). The second-order valence-electron chi connectivity index (χ2n) is 4.58. The van der Waals surface area contributed by atoms with E-state index >= 15 is 0 Å². The van der Waals surface area contributed by atoms with E-state index in [4.69, 9.17) is 0 Å². The van der Waals surface area contributed by atoms with E-state index in [9.17, 15) is 0 Å². The second-order valence-corrected chi connectivity index (χ2v) is 4.58. The minimum Gasteiger partial charge on any atom is -0.256 e. The first-order valence-corrected chi connectivity index (χ1v) is 6.66. The van der Waals surface area contributed by atoms with Crippen molar-refractivity contribution in [2.24, 2.45) is 4.99 Å². The first kappa shape index (κ1) is 12.4. The van der Waals surface area contributed by atoms with Crippen LogP contribution in [0.5, 0.6) is 0 Å². The number of benzene rings is 3. The molecular weight excluding hydrogens is 242 g/mol. The summed E-state index contributed by atoms with van der Waals surface area (Å²) in [6.07, 6.45) is 1.89. The van der Waals surface area contributed by atoms with Crippen LogP contribution in [-0.4, -0.2) is 6.21 Å². The van der Waals surface area contributed by atoms with Crippen LogP contribution >= 0.6 is 0 Å².